The molecule has 0 amide bonds. The first-order valence-electron chi connectivity index (χ1n) is 6.08. The van der Waals surface area contributed by atoms with Gasteiger partial charge in [-0.05, 0) is 49.6 Å². The van der Waals surface area contributed by atoms with Crippen molar-refractivity contribution in [3.63, 3.8) is 0 Å². The first-order chi connectivity index (χ1) is 8.56. The number of aryl methyl sites for hydroxylation is 3. The molecule has 3 heteroatoms. The molecule has 0 atom stereocenters. The third kappa shape index (κ3) is 3.44. The minimum atomic E-state index is 0.921. The van der Waals surface area contributed by atoms with Gasteiger partial charge in [0.2, 0.25) is 0 Å². The molecule has 0 fully saturated rings. The standard InChI is InChI=1S/C15H18BrNS/c1-10-7-14(18-12(10)3)9-17-8-13-4-5-15(16)11(2)6-13/h4-7,17H,8-9H2,1-3H3. The van der Waals surface area contributed by atoms with Crippen LogP contribution >= 0.6 is 27.3 Å². The summed E-state index contributed by atoms with van der Waals surface area (Å²) in [4.78, 5) is 2.84. The predicted octanol–water partition coefficient (Wildman–Crippen LogP) is 4.73. The van der Waals surface area contributed by atoms with E-state index in [1.165, 1.54) is 30.9 Å². The van der Waals surface area contributed by atoms with E-state index >= 15 is 0 Å². The van der Waals surface area contributed by atoms with Crippen molar-refractivity contribution in [3.05, 3.63) is 55.2 Å². The first-order valence-corrected chi connectivity index (χ1v) is 7.69. The topological polar surface area (TPSA) is 12.0 Å². The van der Waals surface area contributed by atoms with Crippen molar-refractivity contribution >= 4 is 27.3 Å². The Kier molecular flexibility index (Phi) is 4.60. The van der Waals surface area contributed by atoms with Gasteiger partial charge in [-0.2, -0.15) is 0 Å². The van der Waals surface area contributed by atoms with E-state index in [2.05, 4.69) is 66.3 Å². The van der Waals surface area contributed by atoms with Crippen molar-refractivity contribution in [2.45, 2.75) is 33.9 Å². The van der Waals surface area contributed by atoms with Gasteiger partial charge in [-0.15, -0.1) is 11.3 Å². The molecule has 0 aliphatic rings. The fourth-order valence-corrected chi connectivity index (χ4v) is 3.15. The lowest BCUT2D eigenvalue weighted by Crippen LogP contribution is -2.11. The van der Waals surface area contributed by atoms with Gasteiger partial charge in [-0.25, -0.2) is 0 Å². The molecule has 0 saturated carbocycles. The number of hydrogen-bond acceptors (Lipinski definition) is 2. The van der Waals surface area contributed by atoms with E-state index in [-0.39, 0.29) is 0 Å². The SMILES string of the molecule is Cc1cc(CNCc2cc(C)c(C)s2)ccc1Br. The van der Waals surface area contributed by atoms with E-state index in [1.54, 1.807) is 0 Å². The molecule has 1 N–H and O–H groups in total. The highest BCUT2D eigenvalue weighted by molar-refractivity contribution is 9.10. The summed E-state index contributed by atoms with van der Waals surface area (Å²) in [6.45, 7) is 8.35. The van der Waals surface area contributed by atoms with Gasteiger partial charge in [0.25, 0.3) is 0 Å². The zero-order chi connectivity index (χ0) is 13.1. The summed E-state index contributed by atoms with van der Waals surface area (Å²) in [6, 6.07) is 8.78. The summed E-state index contributed by atoms with van der Waals surface area (Å²) in [5, 5.41) is 3.50. The summed E-state index contributed by atoms with van der Waals surface area (Å²) in [7, 11) is 0. The van der Waals surface area contributed by atoms with Gasteiger partial charge in [0.05, 0.1) is 0 Å². The smallest absolute Gasteiger partial charge is 0.0303 e. The van der Waals surface area contributed by atoms with Gasteiger partial charge in [-0.1, -0.05) is 28.1 Å². The zero-order valence-electron chi connectivity index (χ0n) is 11.0. The van der Waals surface area contributed by atoms with Crippen molar-refractivity contribution in [1.82, 2.24) is 5.32 Å². The fraction of sp³-hybridized carbons (Fsp3) is 0.333. The molecule has 0 bridgehead atoms. The number of thiophene rings is 1. The van der Waals surface area contributed by atoms with Crippen LogP contribution in [-0.2, 0) is 13.1 Å². The average Bonchev–Trinajstić information content (AvgIpc) is 2.63. The van der Waals surface area contributed by atoms with Crippen LogP contribution < -0.4 is 5.32 Å². The van der Waals surface area contributed by atoms with Gasteiger partial charge < -0.3 is 5.32 Å². The van der Waals surface area contributed by atoms with E-state index in [9.17, 15) is 0 Å². The van der Waals surface area contributed by atoms with Crippen LogP contribution in [0.1, 0.15) is 26.4 Å². The van der Waals surface area contributed by atoms with Crippen molar-refractivity contribution in [2.75, 3.05) is 0 Å². The normalized spacial score (nSPS) is 10.9. The molecule has 1 nitrogen and oxygen atoms in total. The maximum absolute atomic E-state index is 3.53. The van der Waals surface area contributed by atoms with Crippen LogP contribution in [0.2, 0.25) is 0 Å². The van der Waals surface area contributed by atoms with E-state index in [0.717, 1.165) is 13.1 Å². The second kappa shape index (κ2) is 6.00. The number of rotatable bonds is 4. The molecule has 18 heavy (non-hydrogen) atoms. The lowest BCUT2D eigenvalue weighted by atomic mass is 10.1. The molecule has 0 radical (unpaired) electrons. The summed E-state index contributed by atoms with van der Waals surface area (Å²) in [5.74, 6) is 0. The van der Waals surface area contributed by atoms with Gasteiger partial charge in [-0.3, -0.25) is 0 Å². The largest absolute Gasteiger partial charge is 0.308 e. The lowest BCUT2D eigenvalue weighted by Gasteiger charge is -2.05. The Hall–Kier alpha value is -0.640. The van der Waals surface area contributed by atoms with Crippen LogP contribution in [0.4, 0.5) is 0 Å². The Balaban J connectivity index is 1.90. The summed E-state index contributed by atoms with van der Waals surface area (Å²) < 4.78 is 1.18. The molecule has 0 spiro atoms. The molecule has 0 saturated heterocycles. The van der Waals surface area contributed by atoms with Gasteiger partial charge in [0.1, 0.15) is 0 Å². The van der Waals surface area contributed by atoms with Crippen molar-refractivity contribution in [2.24, 2.45) is 0 Å². The Bertz CT molecular complexity index is 526. The Morgan fingerprint density at radius 3 is 2.44 bits per heavy atom. The van der Waals surface area contributed by atoms with Crippen LogP contribution in [0.15, 0.2) is 28.7 Å². The third-order valence-corrected chi connectivity index (χ3v) is 5.11. The van der Waals surface area contributed by atoms with E-state index in [0.29, 0.717) is 0 Å². The minimum Gasteiger partial charge on any atom is -0.308 e. The van der Waals surface area contributed by atoms with Gasteiger partial charge >= 0.3 is 0 Å². The maximum atomic E-state index is 3.53. The highest BCUT2D eigenvalue weighted by atomic mass is 79.9. The summed E-state index contributed by atoms with van der Waals surface area (Å²) in [6.07, 6.45) is 0. The minimum absolute atomic E-state index is 0.921. The number of halogens is 1. The van der Waals surface area contributed by atoms with Gasteiger partial charge in [0.15, 0.2) is 0 Å². The molecule has 2 rings (SSSR count). The zero-order valence-corrected chi connectivity index (χ0v) is 13.4. The van der Waals surface area contributed by atoms with Gasteiger partial charge in [0, 0.05) is 27.3 Å². The molecule has 0 aliphatic heterocycles. The molecule has 2 aromatic rings. The summed E-state index contributed by atoms with van der Waals surface area (Å²) in [5.41, 5.74) is 4.02. The molecule has 1 aromatic carbocycles. The number of hydrogen-bond donors (Lipinski definition) is 1. The summed E-state index contributed by atoms with van der Waals surface area (Å²) >= 11 is 5.41. The Morgan fingerprint density at radius 1 is 1.06 bits per heavy atom. The van der Waals surface area contributed by atoms with Crippen LogP contribution in [-0.4, -0.2) is 0 Å². The second-order valence-electron chi connectivity index (χ2n) is 4.64. The van der Waals surface area contributed by atoms with Crippen molar-refractivity contribution < 1.29 is 0 Å². The quantitative estimate of drug-likeness (QED) is 0.858. The highest BCUT2D eigenvalue weighted by Crippen LogP contribution is 2.20. The Morgan fingerprint density at radius 2 is 1.83 bits per heavy atom. The van der Waals surface area contributed by atoms with Crippen LogP contribution in [0.25, 0.3) is 0 Å². The highest BCUT2D eigenvalue weighted by Gasteiger charge is 2.02. The van der Waals surface area contributed by atoms with Crippen LogP contribution in [0.3, 0.4) is 0 Å². The van der Waals surface area contributed by atoms with E-state index < -0.39 is 0 Å². The molecule has 1 aromatic heterocycles. The monoisotopic (exact) mass is 323 g/mol. The average molecular weight is 324 g/mol. The predicted molar refractivity (Wildman–Crippen MR) is 83.2 cm³/mol. The first kappa shape index (κ1) is 13.8. The second-order valence-corrected chi connectivity index (χ2v) is 6.83. The molecule has 96 valence electrons. The van der Waals surface area contributed by atoms with Crippen LogP contribution in [0.5, 0.6) is 0 Å². The van der Waals surface area contributed by atoms with Crippen molar-refractivity contribution in [1.29, 1.82) is 0 Å². The maximum Gasteiger partial charge on any atom is 0.0303 e. The van der Waals surface area contributed by atoms with E-state index in [1.807, 2.05) is 11.3 Å². The number of benzene rings is 1. The fourth-order valence-electron chi connectivity index (χ4n) is 1.88. The molecule has 0 aliphatic carbocycles. The van der Waals surface area contributed by atoms with Crippen LogP contribution in [0, 0.1) is 20.8 Å². The van der Waals surface area contributed by atoms with Crippen molar-refractivity contribution in [3.8, 4) is 0 Å². The molecular weight excluding hydrogens is 306 g/mol. The lowest BCUT2D eigenvalue weighted by molar-refractivity contribution is 0.700. The van der Waals surface area contributed by atoms with E-state index in [4.69, 9.17) is 0 Å². The Labute approximate surface area is 121 Å². The number of nitrogens with one attached hydrogen (secondary N) is 1. The molecular formula is C15H18BrNS. The molecule has 0 unspecified atom stereocenters. The third-order valence-electron chi connectivity index (χ3n) is 3.07. The molecule has 1 heterocycles.